The van der Waals surface area contributed by atoms with Gasteiger partial charge in [0, 0.05) is 24.0 Å². The van der Waals surface area contributed by atoms with Crippen molar-refractivity contribution in [3.63, 3.8) is 0 Å². The van der Waals surface area contributed by atoms with Gasteiger partial charge in [-0.05, 0) is 51.0 Å². The van der Waals surface area contributed by atoms with Crippen LogP contribution in [-0.4, -0.2) is 51.9 Å². The second-order valence-corrected chi connectivity index (χ2v) is 10.7. The van der Waals surface area contributed by atoms with E-state index in [1.54, 1.807) is 11.3 Å². The summed E-state index contributed by atoms with van der Waals surface area (Å²) >= 11 is 3.13. The minimum absolute atomic E-state index is 0.0799. The average molecular weight is 448 g/mol. The number of nitrogens with zero attached hydrogens (tertiary/aromatic N) is 3. The van der Waals surface area contributed by atoms with E-state index in [-0.39, 0.29) is 23.6 Å². The zero-order valence-electron chi connectivity index (χ0n) is 17.5. The van der Waals surface area contributed by atoms with E-state index in [0.717, 1.165) is 60.3 Å². The Morgan fingerprint density at radius 2 is 2.03 bits per heavy atom. The number of carbonyl (C=O) groups excluding carboxylic acids is 1. The Balaban J connectivity index is 1.48. The van der Waals surface area contributed by atoms with Crippen LogP contribution < -0.4 is 5.56 Å². The molecule has 0 spiro atoms. The van der Waals surface area contributed by atoms with Gasteiger partial charge in [-0.15, -0.1) is 11.3 Å². The van der Waals surface area contributed by atoms with Crippen LogP contribution >= 0.6 is 23.1 Å². The highest BCUT2D eigenvalue weighted by Crippen LogP contribution is 2.37. The summed E-state index contributed by atoms with van der Waals surface area (Å²) in [5, 5.41) is 1.59. The molecule has 162 valence electrons. The molecule has 5 rings (SSSR count). The van der Waals surface area contributed by atoms with Gasteiger partial charge in [-0.1, -0.05) is 24.6 Å². The number of amides is 1. The molecule has 2 aromatic rings. The average Bonchev–Trinajstić information content (AvgIpc) is 3.39. The fourth-order valence-electron chi connectivity index (χ4n) is 5.05. The molecule has 2 aliphatic carbocycles. The van der Waals surface area contributed by atoms with E-state index in [1.807, 2.05) is 16.4 Å². The summed E-state index contributed by atoms with van der Waals surface area (Å²) in [5.41, 5.74) is 1.38. The Morgan fingerprint density at radius 3 is 2.83 bits per heavy atom. The number of hydrogen-bond acceptors (Lipinski definition) is 6. The van der Waals surface area contributed by atoms with Crippen LogP contribution in [0.5, 0.6) is 0 Å². The number of fused-ring (bicyclic) bond motifs is 3. The van der Waals surface area contributed by atoms with Crippen LogP contribution in [0.1, 0.15) is 61.9 Å². The first kappa shape index (κ1) is 20.5. The van der Waals surface area contributed by atoms with E-state index in [0.29, 0.717) is 25.4 Å². The van der Waals surface area contributed by atoms with E-state index in [1.165, 1.54) is 28.6 Å². The summed E-state index contributed by atoms with van der Waals surface area (Å²) in [5.74, 6) is 0.426. The van der Waals surface area contributed by atoms with Gasteiger partial charge in [-0.3, -0.25) is 14.2 Å². The summed E-state index contributed by atoms with van der Waals surface area (Å²) in [6.45, 7) is 3.87. The zero-order valence-corrected chi connectivity index (χ0v) is 19.2. The van der Waals surface area contributed by atoms with Crippen LogP contribution in [0, 0.1) is 0 Å². The number of aryl methyl sites for hydroxylation is 2. The maximum atomic E-state index is 13.7. The summed E-state index contributed by atoms with van der Waals surface area (Å²) in [6, 6.07) is 0.217. The number of thioether (sulfide) groups is 1. The van der Waals surface area contributed by atoms with Gasteiger partial charge >= 0.3 is 0 Å². The number of hydrogen-bond donors (Lipinski definition) is 0. The number of thiophene rings is 1. The Hall–Kier alpha value is -1.38. The quantitative estimate of drug-likeness (QED) is 0.527. The summed E-state index contributed by atoms with van der Waals surface area (Å²) < 4.78 is 7.50. The van der Waals surface area contributed by atoms with Gasteiger partial charge in [0.2, 0.25) is 5.91 Å². The minimum atomic E-state index is 0.0799. The largest absolute Gasteiger partial charge is 0.375 e. The molecule has 6 nitrogen and oxygen atoms in total. The molecule has 2 fully saturated rings. The van der Waals surface area contributed by atoms with Crippen LogP contribution in [-0.2, 0) is 22.4 Å². The van der Waals surface area contributed by atoms with Crippen LogP contribution in [0.25, 0.3) is 10.2 Å². The smallest absolute Gasteiger partial charge is 0.263 e. The van der Waals surface area contributed by atoms with E-state index in [2.05, 4.69) is 0 Å². The fourth-order valence-corrected chi connectivity index (χ4v) is 7.32. The van der Waals surface area contributed by atoms with Crippen molar-refractivity contribution >= 4 is 39.2 Å². The maximum Gasteiger partial charge on any atom is 0.263 e. The van der Waals surface area contributed by atoms with E-state index in [9.17, 15) is 9.59 Å². The molecular formula is C22H29N3O3S2. The predicted octanol–water partition coefficient (Wildman–Crippen LogP) is 3.79. The number of carbonyl (C=O) groups is 1. The fraction of sp³-hybridized carbons (Fsp3) is 0.682. The molecule has 3 aliphatic rings. The summed E-state index contributed by atoms with van der Waals surface area (Å²) in [4.78, 5) is 35.5. The van der Waals surface area contributed by atoms with E-state index in [4.69, 9.17) is 9.72 Å². The van der Waals surface area contributed by atoms with Gasteiger partial charge in [-0.25, -0.2) is 4.98 Å². The normalized spacial score (nSPS) is 22.6. The summed E-state index contributed by atoms with van der Waals surface area (Å²) in [7, 11) is 0. The molecule has 0 radical (unpaired) electrons. The first-order valence-corrected chi connectivity index (χ1v) is 13.0. The highest BCUT2D eigenvalue weighted by Gasteiger charge is 2.28. The topological polar surface area (TPSA) is 64.4 Å². The summed E-state index contributed by atoms with van der Waals surface area (Å²) in [6.07, 6.45) is 8.87. The van der Waals surface area contributed by atoms with E-state index >= 15 is 0 Å². The van der Waals surface area contributed by atoms with Crippen molar-refractivity contribution in [2.45, 2.75) is 75.6 Å². The van der Waals surface area contributed by atoms with Crippen molar-refractivity contribution in [3.8, 4) is 0 Å². The molecule has 1 saturated carbocycles. The lowest BCUT2D eigenvalue weighted by atomic mass is 9.97. The van der Waals surface area contributed by atoms with Crippen molar-refractivity contribution in [1.29, 1.82) is 0 Å². The third kappa shape index (κ3) is 3.82. The zero-order chi connectivity index (χ0) is 20.7. The number of aromatic nitrogens is 2. The van der Waals surface area contributed by atoms with Gasteiger partial charge in [-0.2, -0.15) is 0 Å². The highest BCUT2D eigenvalue weighted by molar-refractivity contribution is 7.99. The Morgan fingerprint density at radius 1 is 1.23 bits per heavy atom. The Labute approximate surface area is 185 Å². The monoisotopic (exact) mass is 447 g/mol. The molecule has 1 unspecified atom stereocenters. The number of morpholine rings is 1. The first-order valence-electron chi connectivity index (χ1n) is 11.2. The molecule has 1 aliphatic heterocycles. The van der Waals surface area contributed by atoms with Gasteiger partial charge in [0.15, 0.2) is 5.16 Å². The van der Waals surface area contributed by atoms with Gasteiger partial charge in [0.05, 0.1) is 23.8 Å². The molecule has 0 N–H and O–H groups in total. The molecule has 0 bridgehead atoms. The van der Waals surface area contributed by atoms with Gasteiger partial charge < -0.3 is 9.64 Å². The molecule has 3 heterocycles. The van der Waals surface area contributed by atoms with Crippen LogP contribution in [0.2, 0.25) is 0 Å². The number of rotatable bonds is 4. The van der Waals surface area contributed by atoms with Crippen LogP contribution in [0.4, 0.5) is 0 Å². The first-order chi connectivity index (χ1) is 14.6. The Bertz CT molecular complexity index is 1010. The maximum absolute atomic E-state index is 13.7. The highest BCUT2D eigenvalue weighted by atomic mass is 32.2. The molecule has 1 atom stereocenters. The third-order valence-corrected chi connectivity index (χ3v) is 8.72. The Kier molecular flexibility index (Phi) is 5.90. The molecule has 30 heavy (non-hydrogen) atoms. The van der Waals surface area contributed by atoms with E-state index < -0.39 is 0 Å². The SMILES string of the molecule is CC1CN(C(=O)CSc2nc3sc4c(c3c(=O)n2C2CCCC2)CCCC4)CCO1. The van der Waals surface area contributed by atoms with Crippen molar-refractivity contribution < 1.29 is 9.53 Å². The third-order valence-electron chi connectivity index (χ3n) is 6.60. The van der Waals surface area contributed by atoms with Crippen molar-refractivity contribution in [3.05, 3.63) is 20.8 Å². The van der Waals surface area contributed by atoms with Crippen LogP contribution in [0.3, 0.4) is 0 Å². The lowest BCUT2D eigenvalue weighted by molar-refractivity contribution is -0.135. The molecule has 8 heteroatoms. The molecule has 0 aromatic carbocycles. The molecule has 1 amide bonds. The predicted molar refractivity (Wildman–Crippen MR) is 121 cm³/mol. The molecular weight excluding hydrogens is 418 g/mol. The lowest BCUT2D eigenvalue weighted by Gasteiger charge is -2.31. The van der Waals surface area contributed by atoms with Crippen LogP contribution in [0.15, 0.2) is 9.95 Å². The molecule has 1 saturated heterocycles. The van der Waals surface area contributed by atoms with Crippen molar-refractivity contribution in [2.24, 2.45) is 0 Å². The van der Waals surface area contributed by atoms with Gasteiger partial charge in [0.1, 0.15) is 4.83 Å². The van der Waals surface area contributed by atoms with Crippen molar-refractivity contribution in [1.82, 2.24) is 14.5 Å². The molecule has 2 aromatic heterocycles. The minimum Gasteiger partial charge on any atom is -0.375 e. The number of ether oxygens (including phenoxy) is 1. The van der Waals surface area contributed by atoms with Crippen molar-refractivity contribution in [2.75, 3.05) is 25.4 Å². The van der Waals surface area contributed by atoms with Gasteiger partial charge in [0.25, 0.3) is 5.56 Å². The second kappa shape index (κ2) is 8.63. The lowest BCUT2D eigenvalue weighted by Crippen LogP contribution is -2.45. The second-order valence-electron chi connectivity index (χ2n) is 8.71. The standard InChI is InChI=1S/C22H29N3O3S2/c1-14-12-24(10-11-28-14)18(26)13-29-22-23-20-19(16-8-4-5-9-17(16)30-20)21(27)25(22)15-6-2-3-7-15/h14-15H,2-13H2,1H3.